The fourth-order valence-electron chi connectivity index (χ4n) is 2.51. The molecule has 0 bridgehead atoms. The predicted molar refractivity (Wildman–Crippen MR) is 62.6 cm³/mol. The number of hydrogen-bond donors (Lipinski definition) is 1. The van der Waals surface area contributed by atoms with Crippen molar-refractivity contribution < 1.29 is 0 Å². The van der Waals surface area contributed by atoms with E-state index < -0.39 is 0 Å². The standard InChI is InChI=1S/C12H26N2/c1-4-12(5-2)14-8-7-11(10-14)9-13-6-3/h11-13H,4-10H2,1-3H3. The Kier molecular flexibility index (Phi) is 5.49. The fraction of sp³-hybridized carbons (Fsp3) is 1.00. The van der Waals surface area contributed by atoms with Gasteiger partial charge >= 0.3 is 0 Å². The highest BCUT2D eigenvalue weighted by Crippen LogP contribution is 2.20. The van der Waals surface area contributed by atoms with Crippen molar-refractivity contribution >= 4 is 0 Å². The number of likely N-dealkylation sites (tertiary alicyclic amines) is 1. The minimum Gasteiger partial charge on any atom is -0.317 e. The predicted octanol–water partition coefficient (Wildman–Crippen LogP) is 2.11. The lowest BCUT2D eigenvalue weighted by molar-refractivity contribution is 0.221. The molecular weight excluding hydrogens is 172 g/mol. The van der Waals surface area contributed by atoms with Crippen LogP contribution in [0.2, 0.25) is 0 Å². The van der Waals surface area contributed by atoms with Gasteiger partial charge in [-0.05, 0) is 44.8 Å². The maximum atomic E-state index is 3.46. The van der Waals surface area contributed by atoms with Crippen molar-refractivity contribution in [3.8, 4) is 0 Å². The van der Waals surface area contributed by atoms with Crippen LogP contribution in [0.15, 0.2) is 0 Å². The van der Waals surface area contributed by atoms with Crippen molar-refractivity contribution in [3.05, 3.63) is 0 Å². The van der Waals surface area contributed by atoms with E-state index in [4.69, 9.17) is 0 Å². The molecule has 1 aliphatic heterocycles. The van der Waals surface area contributed by atoms with Gasteiger partial charge in [-0.15, -0.1) is 0 Å². The summed E-state index contributed by atoms with van der Waals surface area (Å²) in [6.07, 6.45) is 4.01. The van der Waals surface area contributed by atoms with Crippen molar-refractivity contribution in [1.29, 1.82) is 0 Å². The number of nitrogens with one attached hydrogen (secondary N) is 1. The zero-order chi connectivity index (χ0) is 10.4. The molecule has 1 rings (SSSR count). The molecule has 0 aromatic heterocycles. The van der Waals surface area contributed by atoms with Gasteiger partial charge in [0.25, 0.3) is 0 Å². The molecule has 0 amide bonds. The summed E-state index contributed by atoms with van der Waals surface area (Å²) in [4.78, 5) is 2.68. The van der Waals surface area contributed by atoms with Crippen LogP contribution >= 0.6 is 0 Å². The van der Waals surface area contributed by atoms with Gasteiger partial charge in [-0.2, -0.15) is 0 Å². The van der Waals surface area contributed by atoms with E-state index in [1.54, 1.807) is 0 Å². The zero-order valence-electron chi connectivity index (χ0n) is 10.1. The van der Waals surface area contributed by atoms with E-state index >= 15 is 0 Å². The minimum absolute atomic E-state index is 0.835. The lowest BCUT2D eigenvalue weighted by Gasteiger charge is -2.25. The van der Waals surface area contributed by atoms with Crippen molar-refractivity contribution in [1.82, 2.24) is 10.2 Å². The van der Waals surface area contributed by atoms with Crippen LogP contribution in [0.25, 0.3) is 0 Å². The Balaban J connectivity index is 2.25. The molecule has 2 nitrogen and oxygen atoms in total. The minimum atomic E-state index is 0.835. The highest BCUT2D eigenvalue weighted by atomic mass is 15.2. The summed E-state index contributed by atoms with van der Waals surface area (Å²) in [5.41, 5.74) is 0. The van der Waals surface area contributed by atoms with Crippen LogP contribution in [0.5, 0.6) is 0 Å². The van der Waals surface area contributed by atoms with Gasteiger partial charge in [0.2, 0.25) is 0 Å². The third kappa shape index (κ3) is 3.25. The Bertz CT molecular complexity index is 143. The molecule has 1 aliphatic rings. The Morgan fingerprint density at radius 2 is 2.00 bits per heavy atom. The Morgan fingerprint density at radius 1 is 1.29 bits per heavy atom. The smallest absolute Gasteiger partial charge is 0.00901 e. The summed E-state index contributed by atoms with van der Waals surface area (Å²) < 4.78 is 0. The Hall–Kier alpha value is -0.0800. The summed E-state index contributed by atoms with van der Waals surface area (Å²) in [5, 5.41) is 3.46. The van der Waals surface area contributed by atoms with Crippen LogP contribution in [0.3, 0.4) is 0 Å². The first-order valence-electron chi connectivity index (χ1n) is 6.26. The zero-order valence-corrected chi connectivity index (χ0v) is 10.1. The lowest BCUT2D eigenvalue weighted by atomic mass is 10.1. The second kappa shape index (κ2) is 6.41. The van der Waals surface area contributed by atoms with Gasteiger partial charge in [0.05, 0.1) is 0 Å². The van der Waals surface area contributed by atoms with E-state index in [9.17, 15) is 0 Å². The summed E-state index contributed by atoms with van der Waals surface area (Å²) in [6, 6.07) is 0.835. The van der Waals surface area contributed by atoms with E-state index in [0.717, 1.165) is 18.5 Å². The molecule has 0 aromatic rings. The Morgan fingerprint density at radius 3 is 2.57 bits per heavy atom. The first-order valence-corrected chi connectivity index (χ1v) is 6.26. The van der Waals surface area contributed by atoms with E-state index in [0.29, 0.717) is 0 Å². The van der Waals surface area contributed by atoms with Gasteiger partial charge in [-0.3, -0.25) is 0 Å². The largest absolute Gasteiger partial charge is 0.317 e. The summed E-state index contributed by atoms with van der Waals surface area (Å²) in [7, 11) is 0. The van der Waals surface area contributed by atoms with Crippen LogP contribution in [-0.4, -0.2) is 37.1 Å². The lowest BCUT2D eigenvalue weighted by Crippen LogP contribution is -2.33. The van der Waals surface area contributed by atoms with Crippen LogP contribution in [0.4, 0.5) is 0 Å². The summed E-state index contributed by atoms with van der Waals surface area (Å²) in [6.45, 7) is 11.8. The number of hydrogen-bond acceptors (Lipinski definition) is 2. The maximum Gasteiger partial charge on any atom is 0.00901 e. The normalized spacial score (nSPS) is 23.6. The van der Waals surface area contributed by atoms with Crippen LogP contribution in [0.1, 0.15) is 40.0 Å². The van der Waals surface area contributed by atoms with Gasteiger partial charge < -0.3 is 10.2 Å². The van der Waals surface area contributed by atoms with Crippen LogP contribution in [-0.2, 0) is 0 Å². The third-order valence-electron chi connectivity index (χ3n) is 3.46. The molecule has 0 saturated carbocycles. The van der Waals surface area contributed by atoms with E-state index in [1.165, 1.54) is 38.9 Å². The first kappa shape index (κ1) is 12.0. The highest BCUT2D eigenvalue weighted by Gasteiger charge is 2.25. The topological polar surface area (TPSA) is 15.3 Å². The van der Waals surface area contributed by atoms with Crippen molar-refractivity contribution in [2.45, 2.75) is 46.1 Å². The Labute approximate surface area is 89.1 Å². The van der Waals surface area contributed by atoms with E-state index in [1.807, 2.05) is 0 Å². The average molecular weight is 198 g/mol. The quantitative estimate of drug-likeness (QED) is 0.703. The molecule has 1 unspecified atom stereocenters. The molecule has 84 valence electrons. The molecule has 1 atom stereocenters. The molecule has 14 heavy (non-hydrogen) atoms. The first-order chi connectivity index (χ1) is 6.81. The van der Waals surface area contributed by atoms with Gasteiger partial charge in [0.1, 0.15) is 0 Å². The maximum absolute atomic E-state index is 3.46. The average Bonchev–Trinajstić information content (AvgIpc) is 2.65. The van der Waals surface area contributed by atoms with Crippen LogP contribution < -0.4 is 5.32 Å². The number of nitrogens with zero attached hydrogens (tertiary/aromatic N) is 1. The summed E-state index contributed by atoms with van der Waals surface area (Å²) in [5.74, 6) is 0.899. The second-order valence-electron chi connectivity index (χ2n) is 4.43. The van der Waals surface area contributed by atoms with Gasteiger partial charge in [0, 0.05) is 12.6 Å². The van der Waals surface area contributed by atoms with E-state index in [-0.39, 0.29) is 0 Å². The van der Waals surface area contributed by atoms with Gasteiger partial charge in [-0.1, -0.05) is 20.8 Å². The fourth-order valence-corrected chi connectivity index (χ4v) is 2.51. The van der Waals surface area contributed by atoms with Crippen LogP contribution in [0, 0.1) is 5.92 Å². The van der Waals surface area contributed by atoms with Crippen molar-refractivity contribution in [3.63, 3.8) is 0 Å². The molecule has 0 aromatic carbocycles. The van der Waals surface area contributed by atoms with Crippen molar-refractivity contribution in [2.24, 2.45) is 5.92 Å². The second-order valence-corrected chi connectivity index (χ2v) is 4.43. The van der Waals surface area contributed by atoms with Crippen molar-refractivity contribution in [2.75, 3.05) is 26.2 Å². The monoisotopic (exact) mass is 198 g/mol. The summed E-state index contributed by atoms with van der Waals surface area (Å²) >= 11 is 0. The SMILES string of the molecule is CCNCC1CCN(C(CC)CC)C1. The molecule has 1 fully saturated rings. The van der Waals surface area contributed by atoms with E-state index in [2.05, 4.69) is 31.0 Å². The van der Waals surface area contributed by atoms with Gasteiger partial charge in [-0.25, -0.2) is 0 Å². The highest BCUT2D eigenvalue weighted by molar-refractivity contribution is 4.81. The molecule has 0 radical (unpaired) electrons. The van der Waals surface area contributed by atoms with Gasteiger partial charge in [0.15, 0.2) is 0 Å². The molecule has 2 heteroatoms. The molecule has 1 saturated heterocycles. The molecule has 0 aliphatic carbocycles. The molecule has 1 N–H and O–H groups in total. The third-order valence-corrected chi connectivity index (χ3v) is 3.46. The number of rotatable bonds is 6. The molecule has 1 heterocycles. The molecule has 0 spiro atoms. The molecular formula is C12H26N2.